The van der Waals surface area contributed by atoms with E-state index >= 15 is 0 Å². The van der Waals surface area contributed by atoms with Crippen molar-refractivity contribution >= 4 is 17.7 Å². The van der Waals surface area contributed by atoms with E-state index in [-0.39, 0.29) is 31.1 Å². The van der Waals surface area contributed by atoms with Gasteiger partial charge in [0.2, 0.25) is 6.54 Å². The summed E-state index contributed by atoms with van der Waals surface area (Å²) in [5.74, 6) is -1.03. The number of rotatable bonds is 8. The zero-order valence-electron chi connectivity index (χ0n) is 17.7. The second kappa shape index (κ2) is 10.9. The maximum atomic E-state index is 12.9. The minimum Gasteiger partial charge on any atom is -0.463 e. The molecule has 8 nitrogen and oxygen atoms in total. The Morgan fingerprint density at radius 1 is 1.09 bits per heavy atom. The van der Waals surface area contributed by atoms with Crippen LogP contribution in [-0.2, 0) is 20.9 Å². The molecule has 0 unspecified atom stereocenters. The van der Waals surface area contributed by atoms with Gasteiger partial charge in [-0.2, -0.15) is 0 Å². The van der Waals surface area contributed by atoms with Gasteiger partial charge in [0, 0.05) is 17.2 Å². The second-order valence-corrected chi connectivity index (χ2v) is 7.10. The molecule has 1 heterocycles. The highest BCUT2D eigenvalue weighted by atomic mass is 16.6. The lowest BCUT2D eigenvalue weighted by Crippen LogP contribution is -2.32. The van der Waals surface area contributed by atoms with Crippen LogP contribution in [0.5, 0.6) is 0 Å². The first-order valence-electron chi connectivity index (χ1n) is 10.2. The molecule has 0 saturated carbocycles. The van der Waals surface area contributed by atoms with Gasteiger partial charge in [-0.15, -0.1) is 0 Å². The van der Waals surface area contributed by atoms with Gasteiger partial charge in [-0.3, -0.25) is 15.0 Å². The van der Waals surface area contributed by atoms with Crippen molar-refractivity contribution < 1.29 is 24.0 Å². The molecular weight excluding hydrogens is 412 g/mol. The summed E-state index contributed by atoms with van der Waals surface area (Å²) in [6.07, 6.45) is 4.09. The highest BCUT2D eigenvalue weighted by Crippen LogP contribution is 2.39. The largest absolute Gasteiger partial charge is 0.463 e. The number of nitro groups is 1. The Morgan fingerprint density at radius 2 is 1.81 bits per heavy atom. The first-order chi connectivity index (χ1) is 15.5. The molecule has 0 fully saturated rings. The monoisotopic (exact) mass is 436 g/mol. The predicted molar refractivity (Wildman–Crippen MR) is 119 cm³/mol. The van der Waals surface area contributed by atoms with Crippen molar-refractivity contribution in [2.45, 2.75) is 25.9 Å². The number of esters is 1. The Balaban J connectivity index is 1.87. The van der Waals surface area contributed by atoms with Gasteiger partial charge in [0.1, 0.15) is 6.61 Å². The van der Waals surface area contributed by atoms with E-state index in [0.717, 1.165) is 5.56 Å². The molecule has 0 aromatic heterocycles. The average molecular weight is 436 g/mol. The van der Waals surface area contributed by atoms with Gasteiger partial charge in [0.05, 0.1) is 18.2 Å². The molecule has 1 atom stereocenters. The smallest absolute Gasteiger partial charge is 0.418 e. The zero-order chi connectivity index (χ0) is 22.9. The van der Waals surface area contributed by atoms with Gasteiger partial charge >= 0.3 is 12.1 Å². The van der Waals surface area contributed by atoms with E-state index < -0.39 is 18.0 Å². The van der Waals surface area contributed by atoms with Crippen molar-refractivity contribution in [3.63, 3.8) is 0 Å². The first kappa shape index (κ1) is 22.7. The summed E-state index contributed by atoms with van der Waals surface area (Å²) in [5.41, 5.74) is 2.66. The average Bonchev–Trinajstić information content (AvgIpc) is 2.79. The summed E-state index contributed by atoms with van der Waals surface area (Å²) in [6, 6.07) is 16.3. The van der Waals surface area contributed by atoms with Crippen molar-refractivity contribution in [3.8, 4) is 0 Å². The fraction of sp³-hybridized carbons (Fsp3) is 0.250. The lowest BCUT2D eigenvalue weighted by atomic mass is 9.85. The summed E-state index contributed by atoms with van der Waals surface area (Å²) in [7, 11) is 0. The first-order valence-corrected chi connectivity index (χ1v) is 10.2. The lowest BCUT2D eigenvalue weighted by molar-refractivity contribution is -0.482. The molecule has 0 saturated heterocycles. The van der Waals surface area contributed by atoms with E-state index in [1.165, 1.54) is 11.0 Å². The highest BCUT2D eigenvalue weighted by Gasteiger charge is 2.33. The van der Waals surface area contributed by atoms with Crippen LogP contribution in [0.15, 0.2) is 78.5 Å². The number of benzene rings is 2. The van der Waals surface area contributed by atoms with E-state index in [0.29, 0.717) is 16.8 Å². The predicted octanol–water partition coefficient (Wildman–Crippen LogP) is 4.60. The molecular formula is C24H24N2O6. The van der Waals surface area contributed by atoms with Crippen LogP contribution in [0, 0.1) is 10.1 Å². The van der Waals surface area contributed by atoms with Gasteiger partial charge < -0.3 is 9.47 Å². The number of hydrogen-bond acceptors (Lipinski definition) is 6. The summed E-state index contributed by atoms with van der Waals surface area (Å²) in [5, 5.41) is 11.3. The molecule has 0 bridgehead atoms. The summed E-state index contributed by atoms with van der Waals surface area (Å²) < 4.78 is 10.4. The molecule has 3 rings (SSSR count). The number of carbonyl (C=O) groups excluding carboxylic acids is 2. The van der Waals surface area contributed by atoms with Crippen LogP contribution < -0.4 is 4.90 Å². The van der Waals surface area contributed by atoms with Crippen LogP contribution in [0.4, 0.5) is 10.5 Å². The van der Waals surface area contributed by atoms with Gasteiger partial charge in [-0.25, -0.2) is 9.59 Å². The minimum atomic E-state index is -0.590. The Kier molecular flexibility index (Phi) is 7.75. The normalized spacial score (nSPS) is 15.1. The Morgan fingerprint density at radius 3 is 2.53 bits per heavy atom. The van der Waals surface area contributed by atoms with E-state index in [4.69, 9.17) is 9.47 Å². The molecule has 1 amide bonds. The van der Waals surface area contributed by atoms with Crippen molar-refractivity contribution in [2.24, 2.45) is 0 Å². The van der Waals surface area contributed by atoms with Crippen molar-refractivity contribution in [3.05, 3.63) is 99.8 Å². The number of para-hydroxylation sites is 1. The standard InChI is InChI=1S/C24H24N2O6/c1-2-31-23(27)14-8-11-19-15-25(24(28)32-17-18-9-4-3-5-10-18)22-13-7-6-12-20(22)21(19)16-26(29)30/h3-10,12-15,21H,2,11,16-17H2,1H3/b14-8+/t21-/m0/s1. The molecule has 0 N–H and O–H groups in total. The number of anilines is 1. The molecule has 32 heavy (non-hydrogen) atoms. The third-order valence-corrected chi connectivity index (χ3v) is 4.94. The fourth-order valence-corrected chi connectivity index (χ4v) is 3.51. The van der Waals surface area contributed by atoms with E-state index in [1.54, 1.807) is 43.5 Å². The minimum absolute atomic E-state index is 0.0998. The van der Waals surface area contributed by atoms with Crippen molar-refractivity contribution in [1.29, 1.82) is 0 Å². The topological polar surface area (TPSA) is 99.0 Å². The van der Waals surface area contributed by atoms with E-state index in [9.17, 15) is 19.7 Å². The van der Waals surface area contributed by atoms with Crippen LogP contribution in [0.3, 0.4) is 0 Å². The van der Waals surface area contributed by atoms with Gasteiger partial charge in [0.15, 0.2) is 0 Å². The lowest BCUT2D eigenvalue weighted by Gasteiger charge is -2.31. The van der Waals surface area contributed by atoms with Crippen LogP contribution >= 0.6 is 0 Å². The van der Waals surface area contributed by atoms with Gasteiger partial charge in [0.25, 0.3) is 0 Å². The zero-order valence-corrected chi connectivity index (χ0v) is 17.7. The molecule has 8 heteroatoms. The molecule has 1 aliphatic rings. The quantitative estimate of drug-likeness (QED) is 0.260. The molecule has 0 radical (unpaired) electrons. The van der Waals surface area contributed by atoms with Gasteiger partial charge in [-0.1, -0.05) is 54.6 Å². The van der Waals surface area contributed by atoms with E-state index in [2.05, 4.69) is 0 Å². The summed E-state index contributed by atoms with van der Waals surface area (Å²) in [6.45, 7) is 1.73. The molecule has 2 aromatic rings. The molecule has 0 spiro atoms. The maximum absolute atomic E-state index is 12.9. The van der Waals surface area contributed by atoms with Crippen LogP contribution in [0.25, 0.3) is 0 Å². The maximum Gasteiger partial charge on any atom is 0.418 e. The van der Waals surface area contributed by atoms with Crippen LogP contribution in [0.1, 0.15) is 30.4 Å². The van der Waals surface area contributed by atoms with E-state index in [1.807, 2.05) is 30.3 Å². The summed E-state index contributed by atoms with van der Waals surface area (Å²) >= 11 is 0. The van der Waals surface area contributed by atoms with Crippen LogP contribution in [-0.4, -0.2) is 30.1 Å². The number of fused-ring (bicyclic) bond motifs is 1. The van der Waals surface area contributed by atoms with Crippen LogP contribution in [0.2, 0.25) is 0 Å². The Bertz CT molecular complexity index is 1030. The molecule has 0 aliphatic carbocycles. The third-order valence-electron chi connectivity index (χ3n) is 4.94. The second-order valence-electron chi connectivity index (χ2n) is 7.10. The number of hydrogen-bond donors (Lipinski definition) is 0. The number of ether oxygens (including phenoxy) is 2. The highest BCUT2D eigenvalue weighted by molar-refractivity contribution is 5.92. The van der Waals surface area contributed by atoms with Crippen molar-refractivity contribution in [1.82, 2.24) is 0 Å². The molecule has 2 aromatic carbocycles. The SMILES string of the molecule is CCOC(=O)/C=C/CC1=CN(C(=O)OCc2ccccc2)c2ccccc2[C@H]1C[N+](=O)[O-]. The number of amides is 1. The third kappa shape index (κ3) is 5.81. The number of nitrogens with zero attached hydrogens (tertiary/aromatic N) is 2. The number of carbonyl (C=O) groups is 2. The fourth-order valence-electron chi connectivity index (χ4n) is 3.51. The molecule has 1 aliphatic heterocycles. The Hall–Kier alpha value is -3.94. The van der Waals surface area contributed by atoms with Crippen molar-refractivity contribution in [2.75, 3.05) is 18.1 Å². The Labute approximate surface area is 185 Å². The van der Waals surface area contributed by atoms with Gasteiger partial charge in [-0.05, 0) is 36.1 Å². The number of allylic oxidation sites excluding steroid dienone is 1. The molecule has 166 valence electrons. The summed E-state index contributed by atoms with van der Waals surface area (Å²) in [4.78, 5) is 36.9.